The fourth-order valence-corrected chi connectivity index (χ4v) is 4.98. The van der Waals surface area contributed by atoms with Gasteiger partial charge in [0.15, 0.2) is 12.4 Å². The first kappa shape index (κ1) is 23.0. The van der Waals surface area contributed by atoms with Crippen molar-refractivity contribution in [3.63, 3.8) is 0 Å². The molecule has 10 nitrogen and oxygen atoms in total. The maximum atomic E-state index is 12.7. The number of hydrogen-bond acceptors (Lipinski definition) is 8. The van der Waals surface area contributed by atoms with Gasteiger partial charge >= 0.3 is 16.2 Å². The molecule has 0 radical (unpaired) electrons. The van der Waals surface area contributed by atoms with E-state index in [1.165, 1.54) is 19.5 Å². The van der Waals surface area contributed by atoms with Crippen LogP contribution in [0.1, 0.15) is 62.2 Å². The Morgan fingerprint density at radius 2 is 1.91 bits per heavy atom. The molecule has 1 aromatic carbocycles. The number of rotatable bonds is 7. The second kappa shape index (κ2) is 9.74. The van der Waals surface area contributed by atoms with Crippen molar-refractivity contribution >= 4 is 21.9 Å². The van der Waals surface area contributed by atoms with Crippen molar-refractivity contribution in [3.8, 4) is 5.75 Å². The number of carbonyl (C=O) groups excluding carboxylic acids is 1. The molecule has 0 N–H and O–H groups in total. The van der Waals surface area contributed by atoms with Gasteiger partial charge in [-0.1, -0.05) is 36.6 Å². The Balaban J connectivity index is 1.43. The molecule has 1 aliphatic carbocycles. The van der Waals surface area contributed by atoms with E-state index in [1.54, 1.807) is 31.4 Å². The number of methoxy groups -OCH3 is 1. The van der Waals surface area contributed by atoms with E-state index in [-0.39, 0.29) is 36.2 Å². The van der Waals surface area contributed by atoms with Crippen LogP contribution in [0.4, 0.5) is 0 Å². The number of ether oxygens (including phenoxy) is 2. The van der Waals surface area contributed by atoms with E-state index in [9.17, 15) is 13.2 Å². The number of carbonyl (C=O) groups is 1. The van der Waals surface area contributed by atoms with Gasteiger partial charge in [0, 0.05) is 12.1 Å². The quantitative estimate of drug-likeness (QED) is 0.560. The fraction of sp³-hybridized carbons (Fsp3) is 0.455. The van der Waals surface area contributed by atoms with Crippen molar-refractivity contribution < 1.29 is 27.2 Å². The average molecular weight is 475 g/mol. The normalized spacial score (nSPS) is 18.4. The first-order valence-corrected chi connectivity index (χ1v) is 12.2. The first-order chi connectivity index (χ1) is 15.9. The lowest BCUT2D eigenvalue weighted by atomic mass is 9.89. The minimum atomic E-state index is -3.96. The Bertz CT molecular complexity index is 1160. The molecule has 0 atom stereocenters. The second-order valence-electron chi connectivity index (χ2n) is 8.05. The molecular weight excluding hydrogens is 448 g/mol. The van der Waals surface area contributed by atoms with Gasteiger partial charge in [-0.25, -0.2) is 4.79 Å². The second-order valence-corrected chi connectivity index (χ2v) is 9.60. The van der Waals surface area contributed by atoms with Gasteiger partial charge in [0.25, 0.3) is 5.89 Å². The van der Waals surface area contributed by atoms with Crippen molar-refractivity contribution in [2.24, 2.45) is 4.40 Å². The number of nitrogens with zero attached hydrogens (tertiary/aromatic N) is 4. The Kier molecular flexibility index (Phi) is 6.77. The minimum absolute atomic E-state index is 0.00823. The highest BCUT2D eigenvalue weighted by Gasteiger charge is 2.29. The van der Waals surface area contributed by atoms with Crippen LogP contribution in [-0.4, -0.2) is 41.7 Å². The largest absolute Gasteiger partial charge is 0.497 e. The zero-order valence-corrected chi connectivity index (χ0v) is 19.4. The van der Waals surface area contributed by atoms with Crippen molar-refractivity contribution in [3.05, 3.63) is 53.3 Å². The Morgan fingerprint density at radius 3 is 2.61 bits per heavy atom. The van der Waals surface area contributed by atoms with Gasteiger partial charge in [-0.3, -0.25) is 4.31 Å². The summed E-state index contributed by atoms with van der Waals surface area (Å²) < 4.78 is 45.4. The summed E-state index contributed by atoms with van der Waals surface area (Å²) in [7, 11) is -2.42. The number of esters is 1. The van der Waals surface area contributed by atoms with Gasteiger partial charge in [-0.15, -0.1) is 4.40 Å². The van der Waals surface area contributed by atoms with E-state index in [0.717, 1.165) is 30.0 Å². The summed E-state index contributed by atoms with van der Waals surface area (Å²) >= 11 is 0. The minimum Gasteiger partial charge on any atom is -0.497 e. The van der Waals surface area contributed by atoms with Crippen molar-refractivity contribution in [1.82, 2.24) is 14.4 Å². The summed E-state index contributed by atoms with van der Waals surface area (Å²) in [6.07, 6.45) is 6.81. The zero-order chi connectivity index (χ0) is 23.4. The molecule has 2 aliphatic rings. The number of aromatic nitrogens is 2. The lowest BCUT2D eigenvalue weighted by Crippen LogP contribution is -2.31. The van der Waals surface area contributed by atoms with E-state index in [2.05, 4.69) is 14.5 Å². The maximum absolute atomic E-state index is 12.7. The molecular formula is C22H26N4O6S. The van der Waals surface area contributed by atoms with Crippen LogP contribution in [0.2, 0.25) is 0 Å². The van der Waals surface area contributed by atoms with Gasteiger partial charge in [0.05, 0.1) is 24.9 Å². The summed E-state index contributed by atoms with van der Waals surface area (Å²) in [6.45, 7) is 1.26. The molecule has 1 aromatic heterocycles. The Hall–Kier alpha value is -3.21. The standard InChI is InChI=1S/C22H26N4O6S/c1-15-19(13-26(33(28,29)25-15)12-16-8-10-18(30-2)11-9-16)22(27)31-14-20-23-21(24-32-20)17-6-4-3-5-7-17/h8-11,13,17H,3-7,12,14H2,1-2H3. The van der Waals surface area contributed by atoms with Crippen LogP contribution in [0.15, 0.2) is 45.0 Å². The highest BCUT2D eigenvalue weighted by atomic mass is 32.2. The number of hydrogen-bond donors (Lipinski definition) is 0. The van der Waals surface area contributed by atoms with Gasteiger partial charge in [-0.05, 0) is 37.5 Å². The molecule has 33 heavy (non-hydrogen) atoms. The summed E-state index contributed by atoms with van der Waals surface area (Å²) in [6, 6.07) is 6.94. The third-order valence-electron chi connectivity index (χ3n) is 5.71. The highest BCUT2D eigenvalue weighted by Crippen LogP contribution is 2.31. The highest BCUT2D eigenvalue weighted by molar-refractivity contribution is 7.88. The SMILES string of the molecule is COc1ccc(CN2C=C(C(=O)OCc3nc(C4CCCCC4)no3)C(C)=NS2(=O)=O)cc1. The van der Waals surface area contributed by atoms with Crippen LogP contribution >= 0.6 is 0 Å². The monoisotopic (exact) mass is 474 g/mol. The van der Waals surface area contributed by atoms with Crippen LogP contribution in [0.5, 0.6) is 5.75 Å². The van der Waals surface area contributed by atoms with E-state index in [1.807, 2.05) is 0 Å². The summed E-state index contributed by atoms with van der Waals surface area (Å²) in [5.74, 6) is 1.06. The smallest absolute Gasteiger partial charge is 0.344 e. The van der Waals surface area contributed by atoms with E-state index in [4.69, 9.17) is 14.0 Å². The molecule has 1 aliphatic heterocycles. The van der Waals surface area contributed by atoms with E-state index < -0.39 is 16.2 Å². The zero-order valence-electron chi connectivity index (χ0n) is 18.6. The van der Waals surface area contributed by atoms with Crippen molar-refractivity contribution in [2.75, 3.05) is 7.11 Å². The van der Waals surface area contributed by atoms with Crippen LogP contribution in [0.3, 0.4) is 0 Å². The lowest BCUT2D eigenvalue weighted by Gasteiger charge is -2.23. The summed E-state index contributed by atoms with van der Waals surface area (Å²) in [4.78, 5) is 17.0. The predicted molar refractivity (Wildman–Crippen MR) is 119 cm³/mol. The van der Waals surface area contributed by atoms with Crippen LogP contribution in [0, 0.1) is 0 Å². The van der Waals surface area contributed by atoms with Gasteiger partial charge in [-0.2, -0.15) is 13.4 Å². The molecule has 11 heteroatoms. The average Bonchev–Trinajstić information content (AvgIpc) is 3.29. The molecule has 0 amide bonds. The maximum Gasteiger partial charge on any atom is 0.344 e. The predicted octanol–water partition coefficient (Wildman–Crippen LogP) is 3.27. The van der Waals surface area contributed by atoms with Gasteiger partial charge in [0.1, 0.15) is 5.75 Å². The molecule has 0 bridgehead atoms. The van der Waals surface area contributed by atoms with Crippen molar-refractivity contribution in [1.29, 1.82) is 0 Å². The summed E-state index contributed by atoms with van der Waals surface area (Å²) in [5, 5.41) is 4.02. The molecule has 0 unspecified atom stereocenters. The van der Waals surface area contributed by atoms with Crippen molar-refractivity contribution in [2.45, 2.75) is 58.1 Å². The van der Waals surface area contributed by atoms with Gasteiger partial charge < -0.3 is 14.0 Å². The van der Waals surface area contributed by atoms with Gasteiger partial charge in [0.2, 0.25) is 0 Å². The molecule has 1 saturated carbocycles. The third-order valence-corrected chi connectivity index (χ3v) is 7.04. The van der Waals surface area contributed by atoms with Crippen LogP contribution in [-0.2, 0) is 32.9 Å². The van der Waals surface area contributed by atoms with Crippen LogP contribution in [0.25, 0.3) is 0 Å². The number of benzene rings is 1. The molecule has 0 saturated heterocycles. The van der Waals surface area contributed by atoms with E-state index in [0.29, 0.717) is 17.1 Å². The molecule has 0 spiro atoms. The molecule has 4 rings (SSSR count). The van der Waals surface area contributed by atoms with Crippen LogP contribution < -0.4 is 4.74 Å². The molecule has 2 heterocycles. The molecule has 176 valence electrons. The first-order valence-electron chi connectivity index (χ1n) is 10.8. The third kappa shape index (κ3) is 5.41. The Morgan fingerprint density at radius 1 is 1.18 bits per heavy atom. The Labute approximate surface area is 192 Å². The van der Waals surface area contributed by atoms with E-state index >= 15 is 0 Å². The molecule has 2 aromatic rings. The lowest BCUT2D eigenvalue weighted by molar-refractivity contribution is -0.140. The molecule has 1 fully saturated rings. The fourth-order valence-electron chi connectivity index (χ4n) is 3.88. The summed E-state index contributed by atoms with van der Waals surface area (Å²) in [5.41, 5.74) is 0.809. The topological polar surface area (TPSA) is 124 Å².